The molecule has 2 atom stereocenters. The number of carboxylic acid groups (broad SMARTS) is 1. The molecule has 1 fully saturated rings. The maximum atomic E-state index is 12.1. The third-order valence-corrected chi connectivity index (χ3v) is 2.97. The van der Waals surface area contributed by atoms with Crippen LogP contribution in [0.5, 0.6) is 0 Å². The van der Waals surface area contributed by atoms with Crippen molar-refractivity contribution in [2.24, 2.45) is 5.92 Å². The van der Waals surface area contributed by atoms with Crippen molar-refractivity contribution in [3.8, 4) is 0 Å². The Kier molecular flexibility index (Phi) is 4.18. The van der Waals surface area contributed by atoms with E-state index in [1.54, 1.807) is 6.92 Å². The first kappa shape index (κ1) is 13.3. The molecule has 1 aliphatic heterocycles. The Hall–Kier alpha value is -0.780. The van der Waals surface area contributed by atoms with Gasteiger partial charge in [-0.2, -0.15) is 13.2 Å². The van der Waals surface area contributed by atoms with E-state index in [4.69, 9.17) is 5.11 Å². The first-order chi connectivity index (χ1) is 7.31. The van der Waals surface area contributed by atoms with Gasteiger partial charge in [-0.1, -0.05) is 6.92 Å². The van der Waals surface area contributed by atoms with E-state index in [2.05, 4.69) is 0 Å². The van der Waals surface area contributed by atoms with Crippen LogP contribution < -0.4 is 0 Å². The standard InChI is InChI=1S/C10H16F3NO2/c1-7-3-2-5-14(8(7)9(15)16)6-4-10(11,12)13/h7-8H,2-6H2,1H3,(H,15,16). The molecule has 0 aromatic carbocycles. The van der Waals surface area contributed by atoms with Crippen molar-refractivity contribution in [2.45, 2.75) is 38.4 Å². The first-order valence-corrected chi connectivity index (χ1v) is 5.35. The van der Waals surface area contributed by atoms with Crippen molar-refractivity contribution in [3.63, 3.8) is 0 Å². The maximum Gasteiger partial charge on any atom is 0.390 e. The Morgan fingerprint density at radius 1 is 1.50 bits per heavy atom. The summed E-state index contributed by atoms with van der Waals surface area (Å²) in [7, 11) is 0. The van der Waals surface area contributed by atoms with E-state index in [0.717, 1.165) is 12.8 Å². The van der Waals surface area contributed by atoms with E-state index < -0.39 is 24.6 Å². The average molecular weight is 239 g/mol. The number of carboxylic acids is 1. The van der Waals surface area contributed by atoms with Crippen molar-refractivity contribution in [1.82, 2.24) is 4.90 Å². The maximum absolute atomic E-state index is 12.1. The van der Waals surface area contributed by atoms with Gasteiger partial charge in [0.1, 0.15) is 6.04 Å². The Morgan fingerprint density at radius 3 is 2.62 bits per heavy atom. The molecule has 0 spiro atoms. The SMILES string of the molecule is CC1CCCN(CCC(F)(F)F)C1C(=O)O. The Bertz CT molecular complexity index is 255. The van der Waals surface area contributed by atoms with Gasteiger partial charge in [-0.25, -0.2) is 0 Å². The third kappa shape index (κ3) is 3.66. The Labute approximate surface area is 92.2 Å². The molecule has 0 saturated carbocycles. The molecule has 1 aliphatic rings. The zero-order valence-electron chi connectivity index (χ0n) is 9.13. The third-order valence-electron chi connectivity index (χ3n) is 2.97. The predicted molar refractivity (Wildman–Crippen MR) is 52.1 cm³/mol. The van der Waals surface area contributed by atoms with E-state index in [0.29, 0.717) is 6.54 Å². The fourth-order valence-corrected chi connectivity index (χ4v) is 2.19. The molecule has 0 amide bonds. The van der Waals surface area contributed by atoms with Crippen molar-refractivity contribution >= 4 is 5.97 Å². The lowest BCUT2D eigenvalue weighted by Gasteiger charge is -2.37. The molecule has 1 rings (SSSR count). The lowest BCUT2D eigenvalue weighted by Crippen LogP contribution is -2.50. The highest BCUT2D eigenvalue weighted by atomic mass is 19.4. The number of hydrogen-bond donors (Lipinski definition) is 1. The second kappa shape index (κ2) is 5.03. The van der Waals surface area contributed by atoms with Crippen LogP contribution >= 0.6 is 0 Å². The van der Waals surface area contributed by atoms with Crippen LogP contribution in [0.3, 0.4) is 0 Å². The van der Waals surface area contributed by atoms with Crippen LogP contribution in [0.1, 0.15) is 26.2 Å². The lowest BCUT2D eigenvalue weighted by atomic mass is 9.90. The number of halogens is 3. The number of piperidine rings is 1. The van der Waals surface area contributed by atoms with E-state index in [9.17, 15) is 18.0 Å². The number of likely N-dealkylation sites (tertiary alicyclic amines) is 1. The van der Waals surface area contributed by atoms with Gasteiger partial charge in [0.15, 0.2) is 0 Å². The minimum atomic E-state index is -4.22. The lowest BCUT2D eigenvalue weighted by molar-refractivity contribution is -0.154. The topological polar surface area (TPSA) is 40.5 Å². The molecule has 1 saturated heterocycles. The van der Waals surface area contributed by atoms with Gasteiger partial charge in [-0.3, -0.25) is 9.69 Å². The summed E-state index contributed by atoms with van der Waals surface area (Å²) in [6.07, 6.45) is -3.63. The number of aliphatic carboxylic acids is 1. The van der Waals surface area contributed by atoms with Crippen LogP contribution in [0, 0.1) is 5.92 Å². The van der Waals surface area contributed by atoms with Gasteiger partial charge in [0.2, 0.25) is 0 Å². The Balaban J connectivity index is 2.58. The minimum absolute atomic E-state index is 0.0838. The molecule has 1 N–H and O–H groups in total. The highest BCUT2D eigenvalue weighted by molar-refractivity contribution is 5.74. The van der Waals surface area contributed by atoms with E-state index >= 15 is 0 Å². The van der Waals surface area contributed by atoms with Crippen molar-refractivity contribution in [1.29, 1.82) is 0 Å². The van der Waals surface area contributed by atoms with Crippen molar-refractivity contribution < 1.29 is 23.1 Å². The average Bonchev–Trinajstić information content (AvgIpc) is 2.12. The molecule has 94 valence electrons. The van der Waals surface area contributed by atoms with Gasteiger partial charge < -0.3 is 5.11 Å². The van der Waals surface area contributed by atoms with Crippen LogP contribution in [0.2, 0.25) is 0 Å². The number of hydrogen-bond acceptors (Lipinski definition) is 2. The fourth-order valence-electron chi connectivity index (χ4n) is 2.19. The quantitative estimate of drug-likeness (QED) is 0.820. The number of nitrogens with zero attached hydrogens (tertiary/aromatic N) is 1. The second-order valence-electron chi connectivity index (χ2n) is 4.30. The van der Waals surface area contributed by atoms with Crippen molar-refractivity contribution in [2.75, 3.05) is 13.1 Å². The van der Waals surface area contributed by atoms with Crippen molar-refractivity contribution in [3.05, 3.63) is 0 Å². The molecule has 2 unspecified atom stereocenters. The number of carbonyl (C=O) groups is 1. The van der Waals surface area contributed by atoms with Gasteiger partial charge >= 0.3 is 12.1 Å². The second-order valence-corrected chi connectivity index (χ2v) is 4.30. The monoisotopic (exact) mass is 239 g/mol. The summed E-state index contributed by atoms with van der Waals surface area (Å²) < 4.78 is 36.2. The molecule has 0 aliphatic carbocycles. The predicted octanol–water partition coefficient (Wildman–Crippen LogP) is 2.12. The van der Waals surface area contributed by atoms with Gasteiger partial charge in [0, 0.05) is 6.54 Å². The first-order valence-electron chi connectivity index (χ1n) is 5.35. The molecule has 6 heteroatoms. The largest absolute Gasteiger partial charge is 0.480 e. The number of alkyl halides is 3. The molecule has 0 aromatic rings. The van der Waals surface area contributed by atoms with E-state index in [1.165, 1.54) is 4.90 Å². The summed E-state index contributed by atoms with van der Waals surface area (Å²) >= 11 is 0. The smallest absolute Gasteiger partial charge is 0.390 e. The van der Waals surface area contributed by atoms with Gasteiger partial charge in [0.25, 0.3) is 0 Å². The molecule has 3 nitrogen and oxygen atoms in total. The molecule has 0 bridgehead atoms. The molecule has 0 radical (unpaired) electrons. The highest BCUT2D eigenvalue weighted by Gasteiger charge is 2.36. The molecular weight excluding hydrogens is 223 g/mol. The van der Waals surface area contributed by atoms with Crippen LogP contribution in [-0.2, 0) is 4.79 Å². The zero-order chi connectivity index (χ0) is 12.3. The summed E-state index contributed by atoms with van der Waals surface area (Å²) in [5.41, 5.74) is 0. The molecule has 0 aromatic heterocycles. The summed E-state index contributed by atoms with van der Waals surface area (Å²) in [6.45, 7) is 2.00. The van der Waals surface area contributed by atoms with E-state index in [-0.39, 0.29) is 12.5 Å². The van der Waals surface area contributed by atoms with E-state index in [1.807, 2.05) is 0 Å². The summed E-state index contributed by atoms with van der Waals surface area (Å²) in [5.74, 6) is -1.10. The normalized spacial score (nSPS) is 28.0. The van der Waals surface area contributed by atoms with Gasteiger partial charge in [0.05, 0.1) is 6.42 Å². The molecular formula is C10H16F3NO2. The summed E-state index contributed by atoms with van der Waals surface area (Å²) in [6, 6.07) is -0.768. The summed E-state index contributed by atoms with van der Waals surface area (Å²) in [4.78, 5) is 12.4. The zero-order valence-corrected chi connectivity index (χ0v) is 9.13. The van der Waals surface area contributed by atoms with Crippen LogP contribution in [0.4, 0.5) is 13.2 Å². The van der Waals surface area contributed by atoms with Gasteiger partial charge in [-0.05, 0) is 25.3 Å². The fraction of sp³-hybridized carbons (Fsp3) is 0.900. The van der Waals surface area contributed by atoms with Crippen LogP contribution in [-0.4, -0.2) is 41.3 Å². The highest BCUT2D eigenvalue weighted by Crippen LogP contribution is 2.26. The van der Waals surface area contributed by atoms with Crippen LogP contribution in [0.15, 0.2) is 0 Å². The number of rotatable bonds is 3. The summed E-state index contributed by atoms with van der Waals surface area (Å²) in [5, 5.41) is 8.99. The van der Waals surface area contributed by atoms with Gasteiger partial charge in [-0.15, -0.1) is 0 Å². The van der Waals surface area contributed by atoms with Crippen LogP contribution in [0.25, 0.3) is 0 Å². The minimum Gasteiger partial charge on any atom is -0.480 e. The molecule has 16 heavy (non-hydrogen) atoms. The Morgan fingerprint density at radius 2 is 2.12 bits per heavy atom. The molecule has 1 heterocycles.